The van der Waals surface area contributed by atoms with Gasteiger partial charge in [-0.15, -0.1) is 0 Å². The molecule has 34 heavy (non-hydrogen) atoms. The van der Waals surface area contributed by atoms with E-state index in [1.807, 2.05) is 30.3 Å². The smallest absolute Gasteiger partial charge is 0.263 e. The van der Waals surface area contributed by atoms with Gasteiger partial charge in [0.2, 0.25) is 6.79 Å². The van der Waals surface area contributed by atoms with Crippen LogP contribution in [0.2, 0.25) is 0 Å². The van der Waals surface area contributed by atoms with Gasteiger partial charge in [0.15, 0.2) is 17.6 Å². The molecule has 0 saturated heterocycles. The van der Waals surface area contributed by atoms with Gasteiger partial charge in [-0.1, -0.05) is 18.2 Å². The predicted octanol–water partition coefficient (Wildman–Crippen LogP) is 3.99. The van der Waals surface area contributed by atoms with Crippen molar-refractivity contribution in [3.63, 3.8) is 0 Å². The zero-order valence-corrected chi connectivity index (χ0v) is 18.9. The molecule has 8 nitrogen and oxygen atoms in total. The monoisotopic (exact) mass is 460 g/mol. The molecular formula is C26H24N2O6. The molecule has 0 fully saturated rings. The Labute approximate surface area is 197 Å². The summed E-state index contributed by atoms with van der Waals surface area (Å²) in [5.74, 6) is 2.11. The molecule has 0 unspecified atom stereocenters. The van der Waals surface area contributed by atoms with Gasteiger partial charge in [-0.3, -0.25) is 9.59 Å². The molecule has 174 valence electrons. The fourth-order valence-electron chi connectivity index (χ4n) is 4.09. The standard InChI is InChI=1S/C26H24N2O6/c1-16-26(30)28(13-18-5-3-4-6-21(18)31-2)14-19-11-20(8-10-22(19)34-16)27-25(29)17-7-9-23-24(12-17)33-15-32-23/h3-12,16H,13-15H2,1-2H3,(H,27,29)/t16-/m1/s1. The number of para-hydroxylation sites is 1. The molecule has 3 aromatic carbocycles. The van der Waals surface area contributed by atoms with Gasteiger partial charge in [-0.25, -0.2) is 0 Å². The number of carbonyl (C=O) groups is 2. The molecule has 2 heterocycles. The van der Waals surface area contributed by atoms with E-state index >= 15 is 0 Å². The Hall–Kier alpha value is -4.20. The number of nitrogens with zero attached hydrogens (tertiary/aromatic N) is 1. The van der Waals surface area contributed by atoms with E-state index < -0.39 is 6.10 Å². The van der Waals surface area contributed by atoms with Gasteiger partial charge in [0.25, 0.3) is 11.8 Å². The van der Waals surface area contributed by atoms with Crippen LogP contribution in [-0.4, -0.2) is 36.7 Å². The molecule has 5 rings (SSSR count). The van der Waals surface area contributed by atoms with E-state index in [0.29, 0.717) is 41.6 Å². The average molecular weight is 460 g/mol. The average Bonchev–Trinajstić information content (AvgIpc) is 3.28. The Morgan fingerprint density at radius 3 is 2.71 bits per heavy atom. The van der Waals surface area contributed by atoms with Crippen LogP contribution in [0.25, 0.3) is 0 Å². The number of ether oxygens (including phenoxy) is 4. The van der Waals surface area contributed by atoms with E-state index in [2.05, 4.69) is 5.32 Å². The lowest BCUT2D eigenvalue weighted by Crippen LogP contribution is -2.37. The Morgan fingerprint density at radius 1 is 1.06 bits per heavy atom. The molecule has 0 saturated carbocycles. The minimum absolute atomic E-state index is 0.118. The molecule has 0 spiro atoms. The summed E-state index contributed by atoms with van der Waals surface area (Å²) in [5, 5.41) is 2.91. The fraction of sp³-hybridized carbons (Fsp3) is 0.231. The SMILES string of the molecule is COc1ccccc1CN1Cc2cc(NC(=O)c3ccc4c(c3)OCO4)ccc2O[C@H](C)C1=O. The highest BCUT2D eigenvalue weighted by Gasteiger charge is 2.29. The molecule has 8 heteroatoms. The highest BCUT2D eigenvalue weighted by Crippen LogP contribution is 2.33. The molecule has 0 bridgehead atoms. The van der Waals surface area contributed by atoms with Gasteiger partial charge < -0.3 is 29.2 Å². The number of anilines is 1. The van der Waals surface area contributed by atoms with Crippen molar-refractivity contribution in [1.82, 2.24) is 4.90 Å². The van der Waals surface area contributed by atoms with Crippen LogP contribution in [0.4, 0.5) is 5.69 Å². The lowest BCUT2D eigenvalue weighted by atomic mass is 10.1. The number of hydrogen-bond acceptors (Lipinski definition) is 6. The molecule has 2 aliphatic heterocycles. The van der Waals surface area contributed by atoms with Crippen molar-refractivity contribution in [2.24, 2.45) is 0 Å². The van der Waals surface area contributed by atoms with Crippen LogP contribution in [0, 0.1) is 0 Å². The second kappa shape index (κ2) is 8.97. The zero-order valence-electron chi connectivity index (χ0n) is 18.9. The number of rotatable bonds is 5. The summed E-state index contributed by atoms with van der Waals surface area (Å²) < 4.78 is 22.0. The Balaban J connectivity index is 1.37. The van der Waals surface area contributed by atoms with Crippen LogP contribution in [0.15, 0.2) is 60.7 Å². The predicted molar refractivity (Wildman–Crippen MR) is 124 cm³/mol. The second-order valence-electron chi connectivity index (χ2n) is 8.11. The summed E-state index contributed by atoms with van der Waals surface area (Å²) in [6.07, 6.45) is -0.634. The Kier molecular flexibility index (Phi) is 5.71. The number of carbonyl (C=O) groups excluding carboxylic acids is 2. The number of hydrogen-bond donors (Lipinski definition) is 1. The van der Waals surface area contributed by atoms with Gasteiger partial charge >= 0.3 is 0 Å². The maximum absolute atomic E-state index is 13.0. The maximum Gasteiger partial charge on any atom is 0.263 e. The van der Waals surface area contributed by atoms with Crippen molar-refractivity contribution in [3.8, 4) is 23.0 Å². The minimum atomic E-state index is -0.634. The molecular weight excluding hydrogens is 436 g/mol. The number of benzene rings is 3. The lowest BCUT2D eigenvalue weighted by molar-refractivity contribution is -0.138. The van der Waals surface area contributed by atoms with Crippen LogP contribution in [-0.2, 0) is 17.9 Å². The molecule has 0 aromatic heterocycles. The Bertz CT molecular complexity index is 1260. The molecule has 1 atom stereocenters. The number of fused-ring (bicyclic) bond motifs is 2. The van der Waals surface area contributed by atoms with Crippen LogP contribution >= 0.6 is 0 Å². The lowest BCUT2D eigenvalue weighted by Gasteiger charge is -2.23. The van der Waals surface area contributed by atoms with E-state index in [9.17, 15) is 9.59 Å². The Morgan fingerprint density at radius 2 is 1.85 bits per heavy atom. The number of nitrogens with one attached hydrogen (secondary N) is 1. The van der Waals surface area contributed by atoms with Gasteiger partial charge in [0.1, 0.15) is 11.5 Å². The quantitative estimate of drug-likeness (QED) is 0.620. The van der Waals surface area contributed by atoms with Crippen LogP contribution in [0.5, 0.6) is 23.0 Å². The van der Waals surface area contributed by atoms with Crippen molar-refractivity contribution in [2.45, 2.75) is 26.1 Å². The first-order valence-corrected chi connectivity index (χ1v) is 10.9. The highest BCUT2D eigenvalue weighted by atomic mass is 16.7. The van der Waals surface area contributed by atoms with Crippen LogP contribution in [0.3, 0.4) is 0 Å². The fourth-order valence-corrected chi connectivity index (χ4v) is 4.09. The molecule has 2 aliphatic rings. The van der Waals surface area contributed by atoms with Gasteiger partial charge in [-0.05, 0) is 49.4 Å². The molecule has 1 N–H and O–H groups in total. The first-order chi connectivity index (χ1) is 16.5. The summed E-state index contributed by atoms with van der Waals surface area (Å²) in [4.78, 5) is 27.6. The van der Waals surface area contributed by atoms with E-state index in [1.165, 1.54) is 0 Å². The molecule has 2 amide bonds. The third-order valence-corrected chi connectivity index (χ3v) is 5.83. The number of methoxy groups -OCH3 is 1. The summed E-state index contributed by atoms with van der Waals surface area (Å²) in [6.45, 7) is 2.60. The summed E-state index contributed by atoms with van der Waals surface area (Å²) in [7, 11) is 1.61. The van der Waals surface area contributed by atoms with E-state index in [1.54, 1.807) is 49.3 Å². The molecule has 0 radical (unpaired) electrons. The van der Waals surface area contributed by atoms with Gasteiger partial charge in [-0.2, -0.15) is 0 Å². The van der Waals surface area contributed by atoms with Crippen molar-refractivity contribution < 1.29 is 28.5 Å². The minimum Gasteiger partial charge on any atom is -0.496 e. The zero-order chi connectivity index (χ0) is 23.7. The summed E-state index contributed by atoms with van der Waals surface area (Å²) in [6, 6.07) is 18.0. The molecule has 3 aromatic rings. The van der Waals surface area contributed by atoms with E-state index in [4.69, 9.17) is 18.9 Å². The summed E-state index contributed by atoms with van der Waals surface area (Å²) in [5.41, 5.74) is 2.76. The third kappa shape index (κ3) is 4.22. The second-order valence-corrected chi connectivity index (χ2v) is 8.11. The first kappa shape index (κ1) is 21.6. The maximum atomic E-state index is 13.0. The van der Waals surface area contributed by atoms with Gasteiger partial charge in [0, 0.05) is 35.5 Å². The van der Waals surface area contributed by atoms with Crippen molar-refractivity contribution in [3.05, 3.63) is 77.4 Å². The highest BCUT2D eigenvalue weighted by molar-refractivity contribution is 6.04. The largest absolute Gasteiger partial charge is 0.496 e. The van der Waals surface area contributed by atoms with Crippen molar-refractivity contribution >= 4 is 17.5 Å². The van der Waals surface area contributed by atoms with Crippen molar-refractivity contribution in [1.29, 1.82) is 0 Å². The van der Waals surface area contributed by atoms with Gasteiger partial charge in [0.05, 0.1) is 7.11 Å². The first-order valence-electron chi connectivity index (χ1n) is 10.9. The molecule has 0 aliphatic carbocycles. The van der Waals surface area contributed by atoms with E-state index in [0.717, 1.165) is 16.9 Å². The van der Waals surface area contributed by atoms with Crippen LogP contribution in [0.1, 0.15) is 28.4 Å². The normalized spacial score (nSPS) is 16.4. The topological polar surface area (TPSA) is 86.3 Å². The van der Waals surface area contributed by atoms with Crippen molar-refractivity contribution in [2.75, 3.05) is 19.2 Å². The summed E-state index contributed by atoms with van der Waals surface area (Å²) >= 11 is 0. The van der Waals surface area contributed by atoms with Crippen LogP contribution < -0.4 is 24.3 Å². The van der Waals surface area contributed by atoms with E-state index in [-0.39, 0.29) is 18.6 Å². The third-order valence-electron chi connectivity index (χ3n) is 5.83. The number of amides is 2.